The van der Waals surface area contributed by atoms with E-state index in [-0.39, 0.29) is 34.9 Å². The summed E-state index contributed by atoms with van der Waals surface area (Å²) in [6, 6.07) is 10.8. The SMILES string of the molecule is CCOP(=O)(O)c1ccc(S(=O)(=O)c2ccc(OCCO)cc2)cc1. The van der Waals surface area contributed by atoms with Crippen molar-refractivity contribution in [2.24, 2.45) is 0 Å². The van der Waals surface area contributed by atoms with E-state index in [4.69, 9.17) is 14.4 Å². The van der Waals surface area contributed by atoms with Crippen LogP contribution >= 0.6 is 7.60 Å². The molecule has 1 unspecified atom stereocenters. The van der Waals surface area contributed by atoms with Gasteiger partial charge in [-0.15, -0.1) is 0 Å². The fourth-order valence-electron chi connectivity index (χ4n) is 2.08. The minimum atomic E-state index is -3.94. The Morgan fingerprint density at radius 1 is 1.00 bits per heavy atom. The summed E-state index contributed by atoms with van der Waals surface area (Å²) in [5.74, 6) is 0.446. The van der Waals surface area contributed by atoms with Crippen LogP contribution < -0.4 is 10.0 Å². The molecule has 2 aromatic rings. The van der Waals surface area contributed by atoms with Crippen molar-refractivity contribution in [3.05, 3.63) is 48.5 Å². The van der Waals surface area contributed by atoms with Crippen molar-refractivity contribution in [2.45, 2.75) is 16.7 Å². The van der Waals surface area contributed by atoms with Gasteiger partial charge in [0, 0.05) is 0 Å². The molecule has 0 heterocycles. The van der Waals surface area contributed by atoms with Gasteiger partial charge in [0.05, 0.1) is 28.3 Å². The average molecular weight is 386 g/mol. The van der Waals surface area contributed by atoms with E-state index in [1.807, 2.05) is 0 Å². The van der Waals surface area contributed by atoms with Crippen molar-refractivity contribution in [2.75, 3.05) is 19.8 Å². The second-order valence-corrected chi connectivity index (χ2v) is 8.74. The summed E-state index contributed by atoms with van der Waals surface area (Å²) in [5.41, 5.74) is 0. The van der Waals surface area contributed by atoms with Gasteiger partial charge in [0.15, 0.2) is 0 Å². The number of rotatable bonds is 8. The smallest absolute Gasteiger partial charge is 0.358 e. The number of sulfone groups is 1. The van der Waals surface area contributed by atoms with Crippen LogP contribution in [-0.4, -0.2) is 38.2 Å². The Labute approximate surface area is 146 Å². The molecule has 2 aromatic carbocycles. The molecule has 0 aromatic heterocycles. The molecular weight excluding hydrogens is 367 g/mol. The third kappa shape index (κ3) is 4.68. The first-order valence-corrected chi connectivity index (χ1v) is 10.5. The topological polar surface area (TPSA) is 110 Å². The summed E-state index contributed by atoms with van der Waals surface area (Å²) >= 11 is 0. The van der Waals surface area contributed by atoms with Crippen molar-refractivity contribution in [3.8, 4) is 5.75 Å². The van der Waals surface area contributed by atoms with Crippen LogP contribution in [-0.2, 0) is 18.9 Å². The standard InChI is InChI=1S/C16H19O7PS/c1-2-23-24(18,19)14-5-9-16(10-6-14)25(20,21)15-7-3-13(4-8-15)22-12-11-17/h3-10,17H,2,11-12H2,1H3,(H,18,19). The van der Waals surface area contributed by atoms with Crippen LogP contribution in [0.25, 0.3) is 0 Å². The third-order valence-electron chi connectivity index (χ3n) is 3.27. The van der Waals surface area contributed by atoms with Gasteiger partial charge in [-0.1, -0.05) is 0 Å². The average Bonchev–Trinajstić information content (AvgIpc) is 2.60. The van der Waals surface area contributed by atoms with Gasteiger partial charge in [-0.2, -0.15) is 0 Å². The Balaban J connectivity index is 2.26. The normalized spacial score (nSPS) is 14.0. The van der Waals surface area contributed by atoms with Crippen LogP contribution in [0.15, 0.2) is 58.3 Å². The second-order valence-electron chi connectivity index (χ2n) is 4.98. The van der Waals surface area contributed by atoms with Crippen molar-refractivity contribution >= 4 is 22.7 Å². The third-order valence-corrected chi connectivity index (χ3v) is 6.62. The Morgan fingerprint density at radius 2 is 1.52 bits per heavy atom. The van der Waals surface area contributed by atoms with Gasteiger partial charge in [0.25, 0.3) is 0 Å². The molecule has 0 spiro atoms. The number of aliphatic hydroxyl groups excluding tert-OH is 1. The predicted molar refractivity (Wildman–Crippen MR) is 92.0 cm³/mol. The zero-order chi connectivity index (χ0) is 18.5. The van der Waals surface area contributed by atoms with Gasteiger partial charge in [-0.05, 0) is 55.5 Å². The van der Waals surface area contributed by atoms with Crippen molar-refractivity contribution in [3.63, 3.8) is 0 Å². The van der Waals surface area contributed by atoms with Crippen LogP contribution in [0.5, 0.6) is 5.75 Å². The highest BCUT2D eigenvalue weighted by atomic mass is 32.2. The molecule has 1 atom stereocenters. The molecule has 0 saturated carbocycles. The van der Waals surface area contributed by atoms with Crippen molar-refractivity contribution < 1.29 is 32.2 Å². The van der Waals surface area contributed by atoms with Crippen molar-refractivity contribution in [1.29, 1.82) is 0 Å². The Hall–Kier alpha value is -1.70. The monoisotopic (exact) mass is 386 g/mol. The molecule has 0 aliphatic heterocycles. The van der Waals surface area contributed by atoms with E-state index in [0.29, 0.717) is 5.75 Å². The maximum absolute atomic E-state index is 12.6. The van der Waals surface area contributed by atoms with E-state index >= 15 is 0 Å². The summed E-state index contributed by atoms with van der Waals surface area (Å²) in [5, 5.41) is 8.73. The number of benzene rings is 2. The van der Waals surface area contributed by atoms with Gasteiger partial charge in [-0.25, -0.2) is 8.42 Å². The lowest BCUT2D eigenvalue weighted by Crippen LogP contribution is -2.09. The first-order valence-electron chi connectivity index (χ1n) is 7.48. The van der Waals surface area contributed by atoms with Crippen LogP contribution in [0.4, 0.5) is 0 Å². The molecule has 0 radical (unpaired) electrons. The number of hydrogen-bond acceptors (Lipinski definition) is 6. The summed E-state index contributed by atoms with van der Waals surface area (Å²) in [7, 11) is -7.71. The zero-order valence-electron chi connectivity index (χ0n) is 13.5. The lowest BCUT2D eigenvalue weighted by molar-refractivity contribution is 0.201. The quantitative estimate of drug-likeness (QED) is 0.665. The van der Waals surface area contributed by atoms with Gasteiger partial charge >= 0.3 is 7.60 Å². The fraction of sp³-hybridized carbons (Fsp3) is 0.250. The first kappa shape index (κ1) is 19.6. The van der Waals surface area contributed by atoms with E-state index in [1.165, 1.54) is 48.5 Å². The van der Waals surface area contributed by atoms with Crippen LogP contribution in [0, 0.1) is 0 Å². The van der Waals surface area contributed by atoms with Gasteiger partial charge < -0.3 is 19.3 Å². The number of hydrogen-bond donors (Lipinski definition) is 2. The zero-order valence-corrected chi connectivity index (χ0v) is 15.2. The molecule has 9 heteroatoms. The molecule has 7 nitrogen and oxygen atoms in total. The minimum absolute atomic E-state index is 0.00299. The number of ether oxygens (including phenoxy) is 1. The summed E-state index contributed by atoms with van der Waals surface area (Å²) in [6.07, 6.45) is 0. The molecule has 0 aliphatic carbocycles. The van der Waals surface area contributed by atoms with E-state index in [9.17, 15) is 17.9 Å². The Kier molecular flexibility index (Phi) is 6.37. The molecule has 0 amide bonds. The minimum Gasteiger partial charge on any atom is -0.491 e. The van der Waals surface area contributed by atoms with E-state index < -0.39 is 17.4 Å². The highest BCUT2D eigenvalue weighted by Gasteiger charge is 2.24. The van der Waals surface area contributed by atoms with E-state index in [1.54, 1.807) is 6.92 Å². The molecule has 0 saturated heterocycles. The van der Waals surface area contributed by atoms with E-state index in [2.05, 4.69) is 0 Å². The summed E-state index contributed by atoms with van der Waals surface area (Å²) in [4.78, 5) is 9.81. The first-order chi connectivity index (χ1) is 11.8. The van der Waals surface area contributed by atoms with Crippen LogP contribution in [0.3, 0.4) is 0 Å². The van der Waals surface area contributed by atoms with Crippen LogP contribution in [0.2, 0.25) is 0 Å². The second kappa shape index (κ2) is 8.12. The molecule has 2 N–H and O–H groups in total. The Morgan fingerprint density at radius 3 is 2.00 bits per heavy atom. The summed E-state index contributed by atoms with van der Waals surface area (Å²) in [6.45, 7) is 1.64. The lowest BCUT2D eigenvalue weighted by Gasteiger charge is -2.12. The largest absolute Gasteiger partial charge is 0.491 e. The van der Waals surface area contributed by atoms with Gasteiger partial charge in [0.1, 0.15) is 12.4 Å². The molecule has 0 aliphatic rings. The molecule has 136 valence electrons. The molecular formula is C16H19O7PS. The van der Waals surface area contributed by atoms with E-state index in [0.717, 1.165) is 0 Å². The van der Waals surface area contributed by atoms with Crippen molar-refractivity contribution in [1.82, 2.24) is 0 Å². The molecule has 25 heavy (non-hydrogen) atoms. The highest BCUT2D eigenvalue weighted by molar-refractivity contribution is 7.91. The fourth-order valence-corrected chi connectivity index (χ4v) is 4.36. The summed E-state index contributed by atoms with van der Waals surface area (Å²) < 4.78 is 47.1. The number of aliphatic hydroxyl groups is 1. The van der Waals surface area contributed by atoms with Crippen LogP contribution in [0.1, 0.15) is 6.92 Å². The molecule has 2 rings (SSSR count). The van der Waals surface area contributed by atoms with Gasteiger partial charge in [-0.3, -0.25) is 4.57 Å². The predicted octanol–water partition coefficient (Wildman–Crippen LogP) is 1.74. The molecule has 0 bridgehead atoms. The Bertz CT molecular complexity index is 845. The highest BCUT2D eigenvalue weighted by Crippen LogP contribution is 2.40. The molecule has 0 fully saturated rings. The lowest BCUT2D eigenvalue weighted by atomic mass is 10.3. The maximum Gasteiger partial charge on any atom is 0.358 e. The maximum atomic E-state index is 12.6. The van der Waals surface area contributed by atoms with Gasteiger partial charge in [0.2, 0.25) is 9.84 Å².